The Morgan fingerprint density at radius 3 is 2.81 bits per heavy atom. The number of imidazole rings is 1. The lowest BCUT2D eigenvalue weighted by Gasteiger charge is -2.04. The Morgan fingerprint density at radius 2 is 2.25 bits per heavy atom. The molecule has 0 aliphatic carbocycles. The SMILES string of the molecule is CCC(N)Cc1cn(CCS(C)(=O)=O)cn1. The predicted molar refractivity (Wildman–Crippen MR) is 63.9 cm³/mol. The van der Waals surface area contributed by atoms with Gasteiger partial charge in [0, 0.05) is 31.5 Å². The first-order valence-corrected chi connectivity index (χ1v) is 7.40. The maximum atomic E-state index is 11.0. The van der Waals surface area contributed by atoms with Gasteiger partial charge in [0.05, 0.1) is 17.8 Å². The van der Waals surface area contributed by atoms with Crippen molar-refractivity contribution in [1.82, 2.24) is 9.55 Å². The molecule has 5 nitrogen and oxygen atoms in total. The molecule has 6 heteroatoms. The molecule has 0 radical (unpaired) electrons. The molecule has 0 aromatic carbocycles. The van der Waals surface area contributed by atoms with Crippen LogP contribution in [-0.4, -0.2) is 36.0 Å². The zero-order valence-electron chi connectivity index (χ0n) is 9.76. The Kier molecular flexibility index (Phi) is 4.49. The summed E-state index contributed by atoms with van der Waals surface area (Å²) in [5, 5.41) is 0. The molecular weight excluding hydrogens is 226 g/mol. The van der Waals surface area contributed by atoms with Crippen molar-refractivity contribution in [2.75, 3.05) is 12.0 Å². The lowest BCUT2D eigenvalue weighted by Crippen LogP contribution is -2.21. The fourth-order valence-corrected chi connectivity index (χ4v) is 1.86. The molecule has 1 aromatic heterocycles. The van der Waals surface area contributed by atoms with Gasteiger partial charge >= 0.3 is 0 Å². The number of aryl methyl sites for hydroxylation is 1. The topological polar surface area (TPSA) is 78.0 Å². The largest absolute Gasteiger partial charge is 0.336 e. The molecule has 0 saturated carbocycles. The van der Waals surface area contributed by atoms with E-state index in [-0.39, 0.29) is 11.8 Å². The molecule has 0 fully saturated rings. The van der Waals surface area contributed by atoms with E-state index in [1.165, 1.54) is 6.26 Å². The Labute approximate surface area is 96.6 Å². The van der Waals surface area contributed by atoms with E-state index in [1.54, 1.807) is 10.9 Å². The molecule has 16 heavy (non-hydrogen) atoms. The van der Waals surface area contributed by atoms with Gasteiger partial charge in [0.25, 0.3) is 0 Å². The first-order valence-electron chi connectivity index (χ1n) is 5.34. The number of sulfone groups is 1. The molecule has 92 valence electrons. The van der Waals surface area contributed by atoms with E-state index in [2.05, 4.69) is 4.98 Å². The summed E-state index contributed by atoms with van der Waals surface area (Å²) in [6, 6.07) is 0.123. The van der Waals surface area contributed by atoms with Crippen molar-refractivity contribution in [3.05, 3.63) is 18.2 Å². The van der Waals surface area contributed by atoms with Crippen LogP contribution in [0.2, 0.25) is 0 Å². The number of hydrogen-bond acceptors (Lipinski definition) is 4. The van der Waals surface area contributed by atoms with Crippen LogP contribution in [0.25, 0.3) is 0 Å². The van der Waals surface area contributed by atoms with Crippen molar-refractivity contribution < 1.29 is 8.42 Å². The summed E-state index contributed by atoms with van der Waals surface area (Å²) in [6.45, 7) is 2.48. The Balaban J connectivity index is 2.52. The summed E-state index contributed by atoms with van der Waals surface area (Å²) in [7, 11) is -2.91. The Hall–Kier alpha value is -0.880. The van der Waals surface area contributed by atoms with E-state index in [0.29, 0.717) is 6.54 Å². The molecule has 0 amide bonds. The predicted octanol–water partition coefficient (Wildman–Crippen LogP) is 0.208. The van der Waals surface area contributed by atoms with Gasteiger partial charge in [-0.1, -0.05) is 6.92 Å². The molecule has 1 heterocycles. The first kappa shape index (κ1) is 13.2. The molecule has 0 aliphatic rings. The summed E-state index contributed by atoms with van der Waals surface area (Å²) in [5.74, 6) is 0.141. The maximum Gasteiger partial charge on any atom is 0.149 e. The zero-order chi connectivity index (χ0) is 12.2. The Bertz CT molecular complexity index is 425. The van der Waals surface area contributed by atoms with Crippen LogP contribution in [0, 0.1) is 0 Å². The second-order valence-electron chi connectivity index (χ2n) is 4.11. The highest BCUT2D eigenvalue weighted by Crippen LogP contribution is 2.02. The lowest BCUT2D eigenvalue weighted by atomic mass is 10.1. The fourth-order valence-electron chi connectivity index (χ4n) is 1.32. The fraction of sp³-hybridized carbons (Fsp3) is 0.700. The van der Waals surface area contributed by atoms with Crippen molar-refractivity contribution in [1.29, 1.82) is 0 Å². The van der Waals surface area contributed by atoms with Gasteiger partial charge in [-0.3, -0.25) is 0 Å². The van der Waals surface area contributed by atoms with Crippen LogP contribution in [0.15, 0.2) is 12.5 Å². The molecule has 0 bridgehead atoms. The molecule has 1 atom stereocenters. The average Bonchev–Trinajstić information content (AvgIpc) is 2.61. The van der Waals surface area contributed by atoms with E-state index < -0.39 is 9.84 Å². The molecule has 1 rings (SSSR count). The number of nitrogens with two attached hydrogens (primary N) is 1. The van der Waals surface area contributed by atoms with Gasteiger partial charge in [0.1, 0.15) is 9.84 Å². The molecule has 0 spiro atoms. The standard InChI is InChI=1S/C10H19N3O2S/c1-3-9(11)6-10-7-13(8-12-10)4-5-16(2,14)15/h7-9H,3-6,11H2,1-2H3. The third-order valence-corrected chi connectivity index (χ3v) is 3.33. The van der Waals surface area contributed by atoms with Crippen LogP contribution in [0.1, 0.15) is 19.0 Å². The van der Waals surface area contributed by atoms with E-state index in [1.807, 2.05) is 13.1 Å². The Morgan fingerprint density at radius 1 is 1.56 bits per heavy atom. The zero-order valence-corrected chi connectivity index (χ0v) is 10.6. The second-order valence-corrected chi connectivity index (χ2v) is 6.36. The van der Waals surface area contributed by atoms with Crippen LogP contribution in [0.3, 0.4) is 0 Å². The average molecular weight is 245 g/mol. The molecular formula is C10H19N3O2S. The quantitative estimate of drug-likeness (QED) is 0.777. The number of hydrogen-bond donors (Lipinski definition) is 1. The van der Waals surface area contributed by atoms with Gasteiger partial charge in [0.2, 0.25) is 0 Å². The smallest absolute Gasteiger partial charge is 0.149 e. The van der Waals surface area contributed by atoms with Gasteiger partial charge < -0.3 is 10.3 Å². The normalized spacial score (nSPS) is 13.9. The van der Waals surface area contributed by atoms with Crippen LogP contribution in [-0.2, 0) is 22.8 Å². The van der Waals surface area contributed by atoms with Crippen LogP contribution in [0.5, 0.6) is 0 Å². The van der Waals surface area contributed by atoms with Gasteiger partial charge in [-0.2, -0.15) is 0 Å². The van der Waals surface area contributed by atoms with Crippen molar-refractivity contribution in [2.45, 2.75) is 32.4 Å². The van der Waals surface area contributed by atoms with Crippen molar-refractivity contribution >= 4 is 9.84 Å². The molecule has 1 unspecified atom stereocenters. The third kappa shape index (κ3) is 4.76. The van der Waals surface area contributed by atoms with Gasteiger partial charge in [-0.25, -0.2) is 13.4 Å². The number of aromatic nitrogens is 2. The molecule has 2 N–H and O–H groups in total. The number of rotatable bonds is 6. The van der Waals surface area contributed by atoms with Crippen LogP contribution >= 0.6 is 0 Å². The summed E-state index contributed by atoms with van der Waals surface area (Å²) < 4.78 is 23.8. The minimum atomic E-state index is -2.91. The molecule has 1 aromatic rings. The summed E-state index contributed by atoms with van der Waals surface area (Å²) in [5.41, 5.74) is 6.73. The molecule has 0 saturated heterocycles. The van der Waals surface area contributed by atoms with Crippen LogP contribution < -0.4 is 5.73 Å². The highest BCUT2D eigenvalue weighted by Gasteiger charge is 2.06. The minimum Gasteiger partial charge on any atom is -0.336 e. The summed E-state index contributed by atoms with van der Waals surface area (Å²) in [4.78, 5) is 4.19. The van der Waals surface area contributed by atoms with E-state index >= 15 is 0 Å². The minimum absolute atomic E-state index is 0.123. The maximum absolute atomic E-state index is 11.0. The highest BCUT2D eigenvalue weighted by atomic mass is 32.2. The monoisotopic (exact) mass is 245 g/mol. The highest BCUT2D eigenvalue weighted by molar-refractivity contribution is 7.90. The lowest BCUT2D eigenvalue weighted by molar-refractivity contribution is 0.594. The van der Waals surface area contributed by atoms with E-state index in [0.717, 1.165) is 18.5 Å². The number of nitrogens with zero attached hydrogens (tertiary/aromatic N) is 2. The van der Waals surface area contributed by atoms with Crippen molar-refractivity contribution in [2.24, 2.45) is 5.73 Å². The first-order chi connectivity index (χ1) is 7.40. The van der Waals surface area contributed by atoms with E-state index in [4.69, 9.17) is 5.73 Å². The second kappa shape index (κ2) is 5.45. The summed E-state index contributed by atoms with van der Waals surface area (Å²) in [6.07, 6.45) is 6.40. The summed E-state index contributed by atoms with van der Waals surface area (Å²) >= 11 is 0. The van der Waals surface area contributed by atoms with Crippen LogP contribution in [0.4, 0.5) is 0 Å². The van der Waals surface area contributed by atoms with Crippen molar-refractivity contribution in [3.63, 3.8) is 0 Å². The third-order valence-electron chi connectivity index (χ3n) is 2.40. The van der Waals surface area contributed by atoms with Crippen molar-refractivity contribution in [3.8, 4) is 0 Å². The van der Waals surface area contributed by atoms with Gasteiger partial charge in [-0.05, 0) is 6.42 Å². The van der Waals surface area contributed by atoms with Gasteiger partial charge in [-0.15, -0.1) is 0 Å². The van der Waals surface area contributed by atoms with Gasteiger partial charge in [0.15, 0.2) is 0 Å². The molecule has 0 aliphatic heterocycles. The van der Waals surface area contributed by atoms with E-state index in [9.17, 15) is 8.42 Å².